The van der Waals surface area contributed by atoms with E-state index in [1.165, 1.54) is 19.1 Å². The molecule has 0 aromatic heterocycles. The number of allylic oxidation sites excluding steroid dienone is 4. The van der Waals surface area contributed by atoms with E-state index >= 15 is 0 Å². The van der Waals surface area contributed by atoms with Crippen molar-refractivity contribution in [2.75, 3.05) is 11.9 Å². The number of anilines is 1. The van der Waals surface area contributed by atoms with Gasteiger partial charge in [-0.1, -0.05) is 24.6 Å². The van der Waals surface area contributed by atoms with Crippen molar-refractivity contribution >= 4 is 23.1 Å². The molecule has 0 radical (unpaired) electrons. The molecule has 6 heteroatoms. The van der Waals surface area contributed by atoms with Crippen molar-refractivity contribution in [1.29, 1.82) is 0 Å². The van der Waals surface area contributed by atoms with E-state index in [1.807, 2.05) is 6.92 Å². The van der Waals surface area contributed by atoms with Gasteiger partial charge in [-0.3, -0.25) is 4.79 Å². The SMILES string of the molecule is CC/C=C(C(C)=O)/C(Cl)=C(/C1CC(F)(F)C1)N(C)c1ccc(F)cc1. The van der Waals surface area contributed by atoms with Crippen LogP contribution in [-0.4, -0.2) is 18.8 Å². The zero-order chi connectivity index (χ0) is 18.8. The number of carbonyl (C=O) groups excluding carboxylic acids is 1. The fourth-order valence-corrected chi connectivity index (χ4v) is 3.48. The summed E-state index contributed by atoms with van der Waals surface area (Å²) >= 11 is 6.49. The molecule has 136 valence electrons. The highest BCUT2D eigenvalue weighted by atomic mass is 35.5. The summed E-state index contributed by atoms with van der Waals surface area (Å²) in [5.41, 5.74) is 1.40. The number of alkyl halides is 2. The van der Waals surface area contributed by atoms with E-state index in [2.05, 4.69) is 0 Å². The third-order valence-corrected chi connectivity index (χ3v) is 4.70. The average molecular weight is 372 g/mol. The number of rotatable bonds is 6. The van der Waals surface area contributed by atoms with Crippen molar-refractivity contribution in [2.45, 2.75) is 39.0 Å². The highest BCUT2D eigenvalue weighted by Gasteiger charge is 2.48. The Morgan fingerprint density at radius 1 is 1.32 bits per heavy atom. The molecule has 1 aliphatic carbocycles. The summed E-state index contributed by atoms with van der Waals surface area (Å²) in [6, 6.07) is 5.68. The highest BCUT2D eigenvalue weighted by molar-refractivity contribution is 6.36. The Bertz CT molecular complexity index is 702. The molecule has 1 aliphatic rings. The van der Waals surface area contributed by atoms with Crippen molar-refractivity contribution in [1.82, 2.24) is 0 Å². The van der Waals surface area contributed by atoms with Crippen LogP contribution in [0.1, 0.15) is 33.1 Å². The standard InChI is InChI=1S/C19H21ClF3NO/c1-4-5-16(12(2)25)17(20)18(13-10-19(22,23)11-13)24(3)15-8-6-14(21)7-9-15/h5-9,13H,4,10-11H2,1-3H3/b16-5+,18-17+. The minimum absolute atomic E-state index is 0.182. The number of ketones is 1. The Hall–Kier alpha value is -1.75. The number of hydrogen-bond donors (Lipinski definition) is 0. The van der Waals surface area contributed by atoms with Gasteiger partial charge in [-0.25, -0.2) is 13.2 Å². The molecule has 0 saturated heterocycles. The molecule has 0 atom stereocenters. The summed E-state index contributed by atoms with van der Waals surface area (Å²) in [6.45, 7) is 3.27. The third kappa shape index (κ3) is 4.46. The maximum Gasteiger partial charge on any atom is 0.249 e. The van der Waals surface area contributed by atoms with E-state index in [-0.39, 0.29) is 29.5 Å². The van der Waals surface area contributed by atoms with Crippen molar-refractivity contribution in [3.63, 3.8) is 0 Å². The number of nitrogens with zero attached hydrogens (tertiary/aromatic N) is 1. The Labute approximate surface area is 151 Å². The molecule has 0 heterocycles. The van der Waals surface area contributed by atoms with Gasteiger partial charge in [0.15, 0.2) is 5.78 Å². The first-order valence-electron chi connectivity index (χ1n) is 8.14. The molecular weight excluding hydrogens is 351 g/mol. The molecule has 1 aromatic carbocycles. The van der Waals surface area contributed by atoms with Crippen molar-refractivity contribution < 1.29 is 18.0 Å². The van der Waals surface area contributed by atoms with Gasteiger partial charge in [0.25, 0.3) is 0 Å². The van der Waals surface area contributed by atoms with Crippen LogP contribution in [0, 0.1) is 11.7 Å². The Balaban J connectivity index is 2.49. The summed E-state index contributed by atoms with van der Waals surface area (Å²) in [7, 11) is 1.69. The average Bonchev–Trinajstić information content (AvgIpc) is 2.51. The van der Waals surface area contributed by atoms with Gasteiger partial charge in [-0.15, -0.1) is 0 Å². The predicted molar refractivity (Wildman–Crippen MR) is 94.4 cm³/mol. The van der Waals surface area contributed by atoms with Crippen molar-refractivity contribution in [3.05, 3.63) is 52.5 Å². The third-order valence-electron chi connectivity index (χ3n) is 4.30. The first kappa shape index (κ1) is 19.6. The molecule has 0 N–H and O–H groups in total. The molecular formula is C19H21ClF3NO. The molecule has 1 fully saturated rings. The van der Waals surface area contributed by atoms with E-state index in [9.17, 15) is 18.0 Å². The summed E-state index contributed by atoms with van der Waals surface area (Å²) in [5, 5.41) is 0.182. The van der Waals surface area contributed by atoms with Gasteiger partial charge in [-0.2, -0.15) is 0 Å². The summed E-state index contributed by atoms with van der Waals surface area (Å²) < 4.78 is 40.0. The van der Waals surface area contributed by atoms with Crippen LogP contribution in [0.5, 0.6) is 0 Å². The molecule has 0 bridgehead atoms. The quantitative estimate of drug-likeness (QED) is 0.473. The monoisotopic (exact) mass is 371 g/mol. The van der Waals surface area contributed by atoms with Crippen LogP contribution in [-0.2, 0) is 4.79 Å². The lowest BCUT2D eigenvalue weighted by molar-refractivity contribution is -0.113. The van der Waals surface area contributed by atoms with Crippen molar-refractivity contribution in [3.8, 4) is 0 Å². The van der Waals surface area contributed by atoms with E-state index in [1.54, 1.807) is 30.2 Å². The number of carbonyl (C=O) groups is 1. The van der Waals surface area contributed by atoms with Crippen LogP contribution in [0.2, 0.25) is 0 Å². The van der Waals surface area contributed by atoms with Gasteiger partial charge < -0.3 is 4.90 Å². The lowest BCUT2D eigenvalue weighted by atomic mass is 9.77. The Kier molecular flexibility index (Phi) is 5.99. The number of benzene rings is 1. The fraction of sp³-hybridized carbons (Fsp3) is 0.421. The number of halogens is 4. The molecule has 0 unspecified atom stereocenters. The second-order valence-corrected chi connectivity index (χ2v) is 6.66. The maximum absolute atomic E-state index is 13.4. The molecule has 0 amide bonds. The minimum atomic E-state index is -2.72. The second kappa shape index (κ2) is 7.65. The fourth-order valence-electron chi connectivity index (χ4n) is 2.99. The first-order valence-corrected chi connectivity index (χ1v) is 8.52. The lowest BCUT2D eigenvalue weighted by Crippen LogP contribution is -2.41. The molecule has 0 aliphatic heterocycles. The van der Waals surface area contributed by atoms with Crippen molar-refractivity contribution in [2.24, 2.45) is 5.92 Å². The van der Waals surface area contributed by atoms with Crippen LogP contribution >= 0.6 is 11.6 Å². The van der Waals surface area contributed by atoms with Gasteiger partial charge in [0.2, 0.25) is 5.92 Å². The van der Waals surface area contributed by atoms with Gasteiger partial charge in [-0.05, 0) is 37.6 Å². The van der Waals surface area contributed by atoms with E-state index in [0.717, 1.165) is 0 Å². The first-order chi connectivity index (χ1) is 11.7. The van der Waals surface area contributed by atoms with Gasteiger partial charge >= 0.3 is 0 Å². The normalized spacial score (nSPS) is 18.4. The molecule has 1 aromatic rings. The smallest absolute Gasteiger partial charge is 0.249 e. The summed E-state index contributed by atoms with van der Waals surface area (Å²) in [5.74, 6) is -3.79. The Morgan fingerprint density at radius 3 is 2.32 bits per heavy atom. The molecule has 2 rings (SSSR count). The lowest BCUT2D eigenvalue weighted by Gasteiger charge is -2.40. The van der Waals surface area contributed by atoms with Crippen LogP contribution < -0.4 is 4.90 Å². The largest absolute Gasteiger partial charge is 0.347 e. The molecule has 25 heavy (non-hydrogen) atoms. The maximum atomic E-state index is 13.4. The topological polar surface area (TPSA) is 20.3 Å². The predicted octanol–water partition coefficient (Wildman–Crippen LogP) is 5.68. The Morgan fingerprint density at radius 2 is 1.88 bits per heavy atom. The summed E-state index contributed by atoms with van der Waals surface area (Å²) in [4.78, 5) is 13.6. The van der Waals surface area contributed by atoms with E-state index < -0.39 is 11.8 Å². The zero-order valence-corrected chi connectivity index (χ0v) is 15.2. The highest BCUT2D eigenvalue weighted by Crippen LogP contribution is 2.49. The second-order valence-electron chi connectivity index (χ2n) is 6.28. The number of hydrogen-bond acceptors (Lipinski definition) is 2. The van der Waals surface area contributed by atoms with Gasteiger partial charge in [0.05, 0.1) is 5.03 Å². The molecule has 2 nitrogen and oxygen atoms in total. The van der Waals surface area contributed by atoms with Gasteiger partial charge in [0, 0.05) is 42.8 Å². The van der Waals surface area contributed by atoms with Gasteiger partial charge in [0.1, 0.15) is 5.82 Å². The van der Waals surface area contributed by atoms with Crippen LogP contribution in [0.25, 0.3) is 0 Å². The molecule has 0 spiro atoms. The van der Waals surface area contributed by atoms with E-state index in [0.29, 0.717) is 23.4 Å². The molecule has 1 saturated carbocycles. The van der Waals surface area contributed by atoms with Crippen LogP contribution in [0.4, 0.5) is 18.9 Å². The summed E-state index contributed by atoms with van der Waals surface area (Å²) in [6.07, 6.45) is 1.66. The van der Waals surface area contributed by atoms with Crippen LogP contribution in [0.3, 0.4) is 0 Å². The van der Waals surface area contributed by atoms with Crippen LogP contribution in [0.15, 0.2) is 46.6 Å². The number of Topliss-reactive ketones (excluding diaryl/α,β-unsaturated/α-hetero) is 1. The van der Waals surface area contributed by atoms with E-state index in [4.69, 9.17) is 11.6 Å². The minimum Gasteiger partial charge on any atom is -0.347 e. The zero-order valence-electron chi connectivity index (χ0n) is 14.5.